The van der Waals surface area contributed by atoms with E-state index in [1.54, 1.807) is 30.5 Å². The molecule has 3 heterocycles. The van der Waals surface area contributed by atoms with Gasteiger partial charge >= 0.3 is 0 Å². The van der Waals surface area contributed by atoms with Crippen molar-refractivity contribution in [3.63, 3.8) is 0 Å². The number of aliphatic hydroxyl groups is 1. The Morgan fingerprint density at radius 2 is 2.19 bits per heavy atom. The molecule has 0 spiro atoms. The van der Waals surface area contributed by atoms with E-state index in [2.05, 4.69) is 15.0 Å². The normalized spacial score (nSPS) is 19.0. The van der Waals surface area contributed by atoms with Crippen LogP contribution in [-0.4, -0.2) is 67.7 Å². The van der Waals surface area contributed by atoms with Gasteiger partial charge in [-0.15, -0.1) is 0 Å². The van der Waals surface area contributed by atoms with Gasteiger partial charge in [0.25, 0.3) is 0 Å². The van der Waals surface area contributed by atoms with Crippen molar-refractivity contribution in [2.45, 2.75) is 31.3 Å². The van der Waals surface area contributed by atoms with Crippen LogP contribution in [0.4, 0.5) is 5.82 Å². The Balaban J connectivity index is 1.36. The van der Waals surface area contributed by atoms with Crippen molar-refractivity contribution in [2.75, 3.05) is 31.6 Å². The molecule has 1 fully saturated rings. The van der Waals surface area contributed by atoms with Gasteiger partial charge in [-0.2, -0.15) is 0 Å². The van der Waals surface area contributed by atoms with E-state index in [1.807, 2.05) is 34.7 Å². The summed E-state index contributed by atoms with van der Waals surface area (Å²) in [5.74, 6) is 1.57. The number of carbonyl (C=O) groups is 1. The highest BCUT2D eigenvalue weighted by molar-refractivity contribution is 6.31. The highest BCUT2D eigenvalue weighted by Crippen LogP contribution is 2.25. The molecule has 1 aliphatic rings. The van der Waals surface area contributed by atoms with Crippen molar-refractivity contribution < 1.29 is 9.90 Å². The zero-order chi connectivity index (χ0) is 22.0. The fraction of sp³-hybridized carbons (Fsp3) is 0.455. The number of aryl methyl sites for hydroxylation is 2. The molecule has 3 aromatic rings. The van der Waals surface area contributed by atoms with Crippen LogP contribution in [0, 0.1) is 0 Å². The average molecular weight is 443 g/mol. The minimum absolute atomic E-state index is 0.0184. The van der Waals surface area contributed by atoms with Gasteiger partial charge in [-0.1, -0.05) is 11.6 Å². The molecule has 1 aliphatic heterocycles. The maximum atomic E-state index is 12.8. The number of likely N-dealkylation sites (N-methyl/N-ethyl adjacent to an activating group) is 1. The number of amides is 1. The number of rotatable bonds is 6. The summed E-state index contributed by atoms with van der Waals surface area (Å²) in [5, 5.41) is 11.8. The molecule has 2 aromatic heterocycles. The first-order valence-corrected chi connectivity index (χ1v) is 10.8. The van der Waals surface area contributed by atoms with Crippen LogP contribution in [0.15, 0.2) is 36.8 Å². The SMILES string of the molecule is CN(CC1(O)CCCN(c2cnccn2)C1)C(=O)CCc1nc2cc(Cl)ccc2n1C. The Hall–Kier alpha value is -2.71. The molecule has 9 heteroatoms. The molecule has 8 nitrogen and oxygen atoms in total. The number of β-amino-alcohol motifs (C(OH)–C–C–N with tert-alkyl or cyclic N) is 1. The first-order valence-electron chi connectivity index (χ1n) is 10.4. The maximum absolute atomic E-state index is 12.8. The molecule has 1 aromatic carbocycles. The second kappa shape index (κ2) is 8.80. The summed E-state index contributed by atoms with van der Waals surface area (Å²) in [6, 6.07) is 5.60. The number of carbonyl (C=O) groups excluding carboxylic acids is 1. The first kappa shape index (κ1) is 21.5. The Bertz CT molecular complexity index is 1070. The van der Waals surface area contributed by atoms with Crippen molar-refractivity contribution in [1.29, 1.82) is 0 Å². The predicted molar refractivity (Wildman–Crippen MR) is 120 cm³/mol. The number of piperidine rings is 1. The van der Waals surface area contributed by atoms with Crippen LogP contribution in [0.1, 0.15) is 25.1 Å². The second-order valence-electron chi connectivity index (χ2n) is 8.28. The van der Waals surface area contributed by atoms with E-state index in [0.717, 1.165) is 35.6 Å². The van der Waals surface area contributed by atoms with Gasteiger partial charge in [-0.05, 0) is 31.0 Å². The van der Waals surface area contributed by atoms with E-state index in [1.165, 1.54) is 0 Å². The van der Waals surface area contributed by atoms with Crippen LogP contribution in [0.25, 0.3) is 11.0 Å². The molecule has 0 aliphatic carbocycles. The minimum atomic E-state index is -0.977. The molecular formula is C22H27ClN6O2. The summed E-state index contributed by atoms with van der Waals surface area (Å²) < 4.78 is 1.99. The molecule has 4 rings (SSSR count). The Labute approximate surface area is 186 Å². The van der Waals surface area contributed by atoms with Gasteiger partial charge in [0.15, 0.2) is 0 Å². The van der Waals surface area contributed by atoms with Crippen molar-refractivity contribution in [2.24, 2.45) is 7.05 Å². The molecule has 31 heavy (non-hydrogen) atoms. The lowest BCUT2D eigenvalue weighted by Gasteiger charge is -2.41. The summed E-state index contributed by atoms with van der Waals surface area (Å²) in [5.41, 5.74) is 0.835. The van der Waals surface area contributed by atoms with Crippen LogP contribution in [-0.2, 0) is 18.3 Å². The topological polar surface area (TPSA) is 87.4 Å². The summed E-state index contributed by atoms with van der Waals surface area (Å²) in [6.45, 7) is 1.52. The Morgan fingerprint density at radius 3 is 2.97 bits per heavy atom. The van der Waals surface area contributed by atoms with Gasteiger partial charge in [-0.25, -0.2) is 9.97 Å². The molecular weight excluding hydrogens is 416 g/mol. The number of hydrogen-bond acceptors (Lipinski definition) is 6. The third-order valence-corrected chi connectivity index (χ3v) is 6.12. The van der Waals surface area contributed by atoms with E-state index in [9.17, 15) is 9.90 Å². The van der Waals surface area contributed by atoms with Gasteiger partial charge in [-0.3, -0.25) is 9.78 Å². The van der Waals surface area contributed by atoms with Gasteiger partial charge < -0.3 is 19.5 Å². The largest absolute Gasteiger partial charge is 0.386 e. The average Bonchev–Trinajstić information content (AvgIpc) is 3.07. The number of nitrogens with zero attached hydrogens (tertiary/aromatic N) is 6. The summed E-state index contributed by atoms with van der Waals surface area (Å²) >= 11 is 6.06. The fourth-order valence-electron chi connectivity index (χ4n) is 4.28. The number of hydrogen-bond donors (Lipinski definition) is 1. The van der Waals surface area contributed by atoms with E-state index in [0.29, 0.717) is 30.8 Å². The van der Waals surface area contributed by atoms with Gasteiger partial charge in [0, 0.05) is 57.4 Å². The van der Waals surface area contributed by atoms with Crippen LogP contribution in [0.3, 0.4) is 0 Å². The zero-order valence-corrected chi connectivity index (χ0v) is 18.6. The molecule has 1 saturated heterocycles. The van der Waals surface area contributed by atoms with Gasteiger partial charge in [0.05, 0.1) is 29.4 Å². The maximum Gasteiger partial charge on any atom is 0.222 e. The third kappa shape index (κ3) is 4.80. The number of benzene rings is 1. The first-order chi connectivity index (χ1) is 14.8. The monoisotopic (exact) mass is 442 g/mol. The van der Waals surface area contributed by atoms with E-state index < -0.39 is 5.60 Å². The molecule has 1 N–H and O–H groups in total. The zero-order valence-electron chi connectivity index (χ0n) is 17.8. The predicted octanol–water partition coefficient (Wildman–Crippen LogP) is 2.44. The number of fused-ring (bicyclic) bond motifs is 1. The summed E-state index contributed by atoms with van der Waals surface area (Å²) in [6.07, 6.45) is 7.30. The van der Waals surface area contributed by atoms with Crippen molar-refractivity contribution >= 4 is 34.4 Å². The molecule has 0 saturated carbocycles. The van der Waals surface area contributed by atoms with Crippen LogP contribution < -0.4 is 4.90 Å². The lowest BCUT2D eigenvalue weighted by molar-refractivity contribution is -0.133. The van der Waals surface area contributed by atoms with E-state index in [-0.39, 0.29) is 12.5 Å². The molecule has 1 atom stereocenters. The van der Waals surface area contributed by atoms with E-state index >= 15 is 0 Å². The molecule has 0 bridgehead atoms. The Morgan fingerprint density at radius 1 is 1.35 bits per heavy atom. The van der Waals surface area contributed by atoms with Crippen LogP contribution in [0.5, 0.6) is 0 Å². The van der Waals surface area contributed by atoms with Crippen molar-refractivity contribution in [1.82, 2.24) is 24.4 Å². The number of anilines is 1. The number of aromatic nitrogens is 4. The quantitative estimate of drug-likeness (QED) is 0.631. The molecule has 164 valence electrons. The van der Waals surface area contributed by atoms with E-state index in [4.69, 9.17) is 11.6 Å². The standard InChI is InChI=1S/C22H27ClN6O2/c1-27(14-22(31)8-3-11-29(15-22)20-13-24-9-10-25-20)21(30)7-6-19-26-17-12-16(23)4-5-18(17)28(19)2/h4-5,9-10,12-13,31H,3,6-8,11,14-15H2,1-2H3. The van der Waals surface area contributed by atoms with Crippen molar-refractivity contribution in [3.8, 4) is 0 Å². The molecule has 0 radical (unpaired) electrons. The highest BCUT2D eigenvalue weighted by atomic mass is 35.5. The minimum Gasteiger partial charge on any atom is -0.386 e. The number of imidazole rings is 1. The summed E-state index contributed by atoms with van der Waals surface area (Å²) in [4.78, 5) is 29.5. The van der Waals surface area contributed by atoms with Crippen molar-refractivity contribution in [3.05, 3.63) is 47.6 Å². The number of halogens is 1. The molecule has 1 unspecified atom stereocenters. The van der Waals surface area contributed by atoms with Crippen LogP contribution >= 0.6 is 11.6 Å². The van der Waals surface area contributed by atoms with Gasteiger partial charge in [0.2, 0.25) is 5.91 Å². The van der Waals surface area contributed by atoms with Gasteiger partial charge in [0.1, 0.15) is 11.6 Å². The second-order valence-corrected chi connectivity index (χ2v) is 8.72. The third-order valence-electron chi connectivity index (χ3n) is 5.88. The Kier molecular flexibility index (Phi) is 6.11. The highest BCUT2D eigenvalue weighted by Gasteiger charge is 2.36. The smallest absolute Gasteiger partial charge is 0.222 e. The molecule has 1 amide bonds. The summed E-state index contributed by atoms with van der Waals surface area (Å²) in [7, 11) is 3.69. The lowest BCUT2D eigenvalue weighted by atomic mass is 9.92. The van der Waals surface area contributed by atoms with Crippen LogP contribution in [0.2, 0.25) is 5.02 Å². The fourth-order valence-corrected chi connectivity index (χ4v) is 4.44. The lowest BCUT2D eigenvalue weighted by Crippen LogP contribution is -2.55.